The quantitative estimate of drug-likeness (QED) is 0.276. The van der Waals surface area contributed by atoms with Crippen molar-refractivity contribution >= 4 is 23.8 Å². The number of methoxy groups -OCH3 is 1. The van der Waals surface area contributed by atoms with Gasteiger partial charge in [0, 0.05) is 41.8 Å². The van der Waals surface area contributed by atoms with Crippen molar-refractivity contribution in [3.8, 4) is 11.5 Å². The number of amides is 1. The van der Waals surface area contributed by atoms with Crippen molar-refractivity contribution < 1.29 is 19.1 Å². The highest BCUT2D eigenvalue weighted by Crippen LogP contribution is 2.21. The average Bonchev–Trinajstić information content (AvgIpc) is 2.90. The van der Waals surface area contributed by atoms with Crippen LogP contribution in [0.2, 0.25) is 5.02 Å². The first-order valence-electron chi connectivity index (χ1n) is 12.8. The summed E-state index contributed by atoms with van der Waals surface area (Å²) in [5, 5.41) is 3.48. The minimum Gasteiger partial charge on any atom is -0.497 e. The fraction of sp³-hybridized carbons (Fsp3) is 0.355. The predicted octanol–water partition coefficient (Wildman–Crippen LogP) is 6.15. The number of ketones is 1. The summed E-state index contributed by atoms with van der Waals surface area (Å²) in [6, 6.07) is 22.6. The fourth-order valence-electron chi connectivity index (χ4n) is 4.14. The Labute approximate surface area is 230 Å². The largest absolute Gasteiger partial charge is 0.497 e. The molecule has 202 valence electrons. The van der Waals surface area contributed by atoms with Gasteiger partial charge in [0.25, 0.3) is 0 Å². The Hall–Kier alpha value is -3.35. The Morgan fingerprint density at radius 2 is 1.45 bits per heavy atom. The molecule has 0 bridgehead atoms. The molecular formula is C31H37ClN2O4. The van der Waals surface area contributed by atoms with Crippen LogP contribution in [0, 0.1) is 0 Å². The first-order valence-corrected chi connectivity index (χ1v) is 13.2. The van der Waals surface area contributed by atoms with E-state index in [4.69, 9.17) is 21.1 Å². The molecule has 38 heavy (non-hydrogen) atoms. The number of hydrogen-bond donors (Lipinski definition) is 1. The molecule has 1 fully saturated rings. The van der Waals surface area contributed by atoms with Crippen LogP contribution in [0.5, 0.6) is 11.5 Å². The van der Waals surface area contributed by atoms with E-state index in [9.17, 15) is 9.59 Å². The minimum absolute atomic E-state index is 0.0241. The third-order valence-corrected chi connectivity index (χ3v) is 6.36. The lowest BCUT2D eigenvalue weighted by Gasteiger charge is -2.31. The standard InChI is InChI=1S/C17H17ClO2.C14H20N2O2/c1-17(2,3)20-15-10-6-13(7-11-15)16(19)12-4-8-14(18)9-5-12;1-18-14-4-2-12(3-5-14)10-16-8-6-13(7-9-16)15-11-17/h4-11H,1-3H3;2-5,11,13H,6-10H2,1H3,(H,15,17). The number of benzene rings is 3. The van der Waals surface area contributed by atoms with Crippen molar-refractivity contribution in [2.45, 2.75) is 51.8 Å². The Morgan fingerprint density at radius 3 is 1.95 bits per heavy atom. The van der Waals surface area contributed by atoms with Crippen molar-refractivity contribution in [3.05, 3.63) is 94.5 Å². The van der Waals surface area contributed by atoms with Gasteiger partial charge in [0.05, 0.1) is 7.11 Å². The molecule has 0 spiro atoms. The lowest BCUT2D eigenvalue weighted by molar-refractivity contribution is -0.110. The van der Waals surface area contributed by atoms with E-state index in [0.29, 0.717) is 22.2 Å². The molecule has 0 aliphatic carbocycles. The second-order valence-corrected chi connectivity index (χ2v) is 10.7. The fourth-order valence-corrected chi connectivity index (χ4v) is 4.26. The van der Waals surface area contributed by atoms with Crippen LogP contribution in [0.1, 0.15) is 55.1 Å². The van der Waals surface area contributed by atoms with Gasteiger partial charge in [-0.25, -0.2) is 0 Å². The average molecular weight is 537 g/mol. The summed E-state index contributed by atoms with van der Waals surface area (Å²) in [5.41, 5.74) is 2.31. The number of carbonyl (C=O) groups is 2. The van der Waals surface area contributed by atoms with Crippen molar-refractivity contribution in [1.82, 2.24) is 10.2 Å². The summed E-state index contributed by atoms with van der Waals surface area (Å²) in [7, 11) is 1.68. The number of likely N-dealkylation sites (tertiary alicyclic amines) is 1. The number of halogens is 1. The SMILES string of the molecule is CC(C)(C)Oc1ccc(C(=O)c2ccc(Cl)cc2)cc1.COc1ccc(CN2CCC(NC=O)CC2)cc1. The number of carbonyl (C=O) groups excluding carboxylic acids is 2. The highest BCUT2D eigenvalue weighted by Gasteiger charge is 2.18. The Kier molecular flexibility index (Phi) is 10.7. The molecule has 3 aromatic rings. The van der Waals surface area contributed by atoms with Gasteiger partial charge in [0.2, 0.25) is 6.41 Å². The van der Waals surface area contributed by atoms with E-state index < -0.39 is 0 Å². The summed E-state index contributed by atoms with van der Waals surface area (Å²) >= 11 is 5.82. The second-order valence-electron chi connectivity index (χ2n) is 10.3. The van der Waals surface area contributed by atoms with E-state index in [1.807, 2.05) is 45.0 Å². The summed E-state index contributed by atoms with van der Waals surface area (Å²) in [4.78, 5) is 25.1. The lowest BCUT2D eigenvalue weighted by atomic mass is 10.0. The molecule has 3 aromatic carbocycles. The normalized spacial score (nSPS) is 14.1. The van der Waals surface area contributed by atoms with Crippen molar-refractivity contribution in [2.24, 2.45) is 0 Å². The van der Waals surface area contributed by atoms with Crippen LogP contribution in [0.15, 0.2) is 72.8 Å². The number of ether oxygens (including phenoxy) is 2. The molecule has 0 radical (unpaired) electrons. The molecule has 0 aromatic heterocycles. The van der Waals surface area contributed by atoms with E-state index in [2.05, 4.69) is 22.3 Å². The first kappa shape index (κ1) is 29.2. The van der Waals surface area contributed by atoms with Gasteiger partial charge in [-0.15, -0.1) is 0 Å². The maximum Gasteiger partial charge on any atom is 0.207 e. The summed E-state index contributed by atoms with van der Waals surface area (Å²) in [6.45, 7) is 9.01. The Balaban J connectivity index is 0.000000212. The van der Waals surface area contributed by atoms with Crippen LogP contribution in [0.4, 0.5) is 0 Å². The van der Waals surface area contributed by atoms with E-state index >= 15 is 0 Å². The molecule has 0 unspecified atom stereocenters. The van der Waals surface area contributed by atoms with Crippen molar-refractivity contribution in [1.29, 1.82) is 0 Å². The lowest BCUT2D eigenvalue weighted by Crippen LogP contribution is -2.41. The smallest absolute Gasteiger partial charge is 0.207 e. The molecule has 1 N–H and O–H groups in total. The Morgan fingerprint density at radius 1 is 0.921 bits per heavy atom. The third-order valence-electron chi connectivity index (χ3n) is 6.10. The zero-order valence-corrected chi connectivity index (χ0v) is 23.3. The summed E-state index contributed by atoms with van der Waals surface area (Å²) in [6.07, 6.45) is 2.88. The van der Waals surface area contributed by atoms with Gasteiger partial charge in [0.15, 0.2) is 5.78 Å². The summed E-state index contributed by atoms with van der Waals surface area (Å²) < 4.78 is 10.9. The number of rotatable bonds is 8. The predicted molar refractivity (Wildman–Crippen MR) is 152 cm³/mol. The van der Waals surface area contributed by atoms with Gasteiger partial charge >= 0.3 is 0 Å². The minimum atomic E-state index is -0.248. The number of nitrogens with one attached hydrogen (secondary N) is 1. The van der Waals surface area contributed by atoms with Gasteiger partial charge in [-0.2, -0.15) is 0 Å². The van der Waals surface area contributed by atoms with Gasteiger partial charge in [-0.05, 0) is 99.8 Å². The number of piperidine rings is 1. The molecule has 7 heteroatoms. The van der Waals surface area contributed by atoms with Crippen LogP contribution in [-0.4, -0.2) is 48.9 Å². The maximum atomic E-state index is 12.3. The molecule has 0 atom stereocenters. The second kappa shape index (κ2) is 14.0. The molecular weight excluding hydrogens is 500 g/mol. The highest BCUT2D eigenvalue weighted by atomic mass is 35.5. The van der Waals surface area contributed by atoms with Crippen LogP contribution in [0.25, 0.3) is 0 Å². The van der Waals surface area contributed by atoms with Gasteiger partial charge in [0.1, 0.15) is 17.1 Å². The van der Waals surface area contributed by atoms with Crippen LogP contribution in [-0.2, 0) is 11.3 Å². The molecule has 6 nitrogen and oxygen atoms in total. The molecule has 1 aliphatic rings. The molecule has 4 rings (SSSR count). The van der Waals surface area contributed by atoms with E-state index in [1.165, 1.54) is 5.56 Å². The molecule has 1 heterocycles. The van der Waals surface area contributed by atoms with Crippen molar-refractivity contribution in [3.63, 3.8) is 0 Å². The van der Waals surface area contributed by atoms with Gasteiger partial charge in [-0.1, -0.05) is 23.7 Å². The summed E-state index contributed by atoms with van der Waals surface area (Å²) in [5.74, 6) is 1.63. The first-order chi connectivity index (χ1) is 18.2. The Bertz CT molecular complexity index is 1150. The third kappa shape index (κ3) is 9.51. The topological polar surface area (TPSA) is 67.9 Å². The zero-order valence-electron chi connectivity index (χ0n) is 22.6. The van der Waals surface area contributed by atoms with Gasteiger partial charge in [-0.3, -0.25) is 14.5 Å². The zero-order chi connectivity index (χ0) is 27.5. The molecule has 1 aliphatic heterocycles. The van der Waals surface area contributed by atoms with Crippen LogP contribution < -0.4 is 14.8 Å². The van der Waals surface area contributed by atoms with E-state index in [1.54, 1.807) is 43.5 Å². The monoisotopic (exact) mass is 536 g/mol. The van der Waals surface area contributed by atoms with E-state index in [0.717, 1.165) is 50.4 Å². The van der Waals surface area contributed by atoms with Gasteiger partial charge < -0.3 is 14.8 Å². The van der Waals surface area contributed by atoms with Crippen LogP contribution in [0.3, 0.4) is 0 Å². The van der Waals surface area contributed by atoms with E-state index in [-0.39, 0.29) is 11.4 Å². The van der Waals surface area contributed by atoms with Crippen molar-refractivity contribution in [2.75, 3.05) is 20.2 Å². The molecule has 0 saturated carbocycles. The molecule has 1 saturated heterocycles. The number of hydrogen-bond acceptors (Lipinski definition) is 5. The maximum absolute atomic E-state index is 12.3. The van der Waals surface area contributed by atoms with Crippen LogP contribution >= 0.6 is 11.6 Å². The number of nitrogens with zero attached hydrogens (tertiary/aromatic N) is 1. The highest BCUT2D eigenvalue weighted by molar-refractivity contribution is 6.30. The molecule has 1 amide bonds.